The third-order valence-corrected chi connectivity index (χ3v) is 3.80. The lowest BCUT2D eigenvalue weighted by Crippen LogP contribution is -2.36. The zero-order valence-corrected chi connectivity index (χ0v) is 14.2. The van der Waals surface area contributed by atoms with Gasteiger partial charge in [0.2, 0.25) is 5.91 Å². The van der Waals surface area contributed by atoms with E-state index in [2.05, 4.69) is 32.6 Å². The van der Waals surface area contributed by atoms with Crippen molar-refractivity contribution < 1.29 is 9.53 Å². The van der Waals surface area contributed by atoms with E-state index in [1.54, 1.807) is 0 Å². The Hall–Kier alpha value is -1.79. The minimum absolute atomic E-state index is 0.0863. The van der Waals surface area contributed by atoms with E-state index in [1.165, 1.54) is 5.69 Å². The highest BCUT2D eigenvalue weighted by atomic mass is 16.5. The topological polar surface area (TPSA) is 56.8 Å². The van der Waals surface area contributed by atoms with Crippen LogP contribution in [0.25, 0.3) is 0 Å². The number of amides is 1. The number of ether oxygens (including phenoxy) is 1. The number of hydrogen-bond donors (Lipinski definition) is 2. The molecule has 1 aromatic rings. The van der Waals surface area contributed by atoms with E-state index >= 15 is 0 Å². The van der Waals surface area contributed by atoms with Crippen LogP contribution in [0.3, 0.4) is 0 Å². The Bertz CT molecular complexity index is 487. The van der Waals surface area contributed by atoms with Gasteiger partial charge in [-0.15, -0.1) is 0 Å². The van der Waals surface area contributed by atoms with Gasteiger partial charge >= 0.3 is 0 Å². The van der Waals surface area contributed by atoms with Crippen LogP contribution >= 0.6 is 0 Å². The molecule has 0 unspecified atom stereocenters. The summed E-state index contributed by atoms with van der Waals surface area (Å²) in [6, 6.07) is 8.24. The molecule has 6 nitrogen and oxygen atoms in total. The Morgan fingerprint density at radius 2 is 1.96 bits per heavy atom. The molecular formula is C17H28N4O2. The molecule has 0 spiro atoms. The summed E-state index contributed by atoms with van der Waals surface area (Å²) in [4.78, 5) is 16.2. The Morgan fingerprint density at radius 3 is 2.70 bits per heavy atom. The van der Waals surface area contributed by atoms with Crippen molar-refractivity contribution in [1.82, 2.24) is 10.2 Å². The van der Waals surface area contributed by atoms with Crippen LogP contribution in [0.1, 0.15) is 6.42 Å². The van der Waals surface area contributed by atoms with Crippen LogP contribution in [0, 0.1) is 0 Å². The van der Waals surface area contributed by atoms with Crippen LogP contribution in [0.5, 0.6) is 0 Å². The summed E-state index contributed by atoms with van der Waals surface area (Å²) in [6.45, 7) is 5.53. The number of nitrogens with one attached hydrogen (secondary N) is 2. The monoisotopic (exact) mass is 320 g/mol. The normalized spacial score (nSPS) is 14.8. The zero-order chi connectivity index (χ0) is 16.5. The molecule has 1 heterocycles. The van der Waals surface area contributed by atoms with Crippen LogP contribution in [0.2, 0.25) is 0 Å². The van der Waals surface area contributed by atoms with Crippen molar-refractivity contribution in [2.24, 2.45) is 0 Å². The van der Waals surface area contributed by atoms with Gasteiger partial charge in [-0.05, 0) is 26.2 Å². The van der Waals surface area contributed by atoms with Crippen LogP contribution in [-0.2, 0) is 9.53 Å². The van der Waals surface area contributed by atoms with E-state index in [0.29, 0.717) is 19.5 Å². The van der Waals surface area contributed by atoms with Crippen molar-refractivity contribution in [1.29, 1.82) is 0 Å². The quantitative estimate of drug-likeness (QED) is 0.748. The van der Waals surface area contributed by atoms with Gasteiger partial charge in [-0.1, -0.05) is 12.1 Å². The predicted octanol–water partition coefficient (Wildman–Crippen LogP) is 1.00. The molecule has 1 aromatic carbocycles. The molecule has 0 aromatic heterocycles. The summed E-state index contributed by atoms with van der Waals surface area (Å²) in [5, 5.41) is 6.32. The predicted molar refractivity (Wildman–Crippen MR) is 94.1 cm³/mol. The summed E-state index contributed by atoms with van der Waals surface area (Å²) >= 11 is 0. The fourth-order valence-electron chi connectivity index (χ4n) is 2.52. The number of hydrogen-bond acceptors (Lipinski definition) is 5. The zero-order valence-electron chi connectivity index (χ0n) is 14.2. The van der Waals surface area contributed by atoms with Crippen molar-refractivity contribution in [3.05, 3.63) is 24.3 Å². The van der Waals surface area contributed by atoms with Gasteiger partial charge in [0, 0.05) is 39.1 Å². The largest absolute Gasteiger partial charge is 0.383 e. The number of carbonyl (C=O) groups is 1. The molecule has 1 aliphatic rings. The Balaban J connectivity index is 1.78. The van der Waals surface area contributed by atoms with Crippen LogP contribution in [0.15, 0.2) is 24.3 Å². The van der Waals surface area contributed by atoms with Crippen molar-refractivity contribution in [2.75, 3.05) is 70.2 Å². The number of likely N-dealkylation sites (N-methyl/N-ethyl adjacent to an activating group) is 1. The highest BCUT2D eigenvalue weighted by molar-refractivity contribution is 5.77. The molecule has 0 atom stereocenters. The summed E-state index contributed by atoms with van der Waals surface area (Å²) in [7, 11) is 3.99. The number of para-hydroxylation sites is 2. The first kappa shape index (κ1) is 17.6. The average molecular weight is 320 g/mol. The van der Waals surface area contributed by atoms with Crippen molar-refractivity contribution in [3.63, 3.8) is 0 Å². The highest BCUT2D eigenvalue weighted by Gasteiger charge is 2.14. The molecule has 0 radical (unpaired) electrons. The third kappa shape index (κ3) is 6.08. The smallest absolute Gasteiger partial charge is 0.221 e. The van der Waals surface area contributed by atoms with Gasteiger partial charge in [0.15, 0.2) is 0 Å². The molecule has 1 aliphatic heterocycles. The van der Waals surface area contributed by atoms with Crippen molar-refractivity contribution in [3.8, 4) is 0 Å². The fraction of sp³-hybridized carbons (Fsp3) is 0.588. The van der Waals surface area contributed by atoms with Crippen LogP contribution in [-0.4, -0.2) is 70.8 Å². The van der Waals surface area contributed by atoms with Crippen LogP contribution in [0.4, 0.5) is 11.4 Å². The Labute approximate surface area is 138 Å². The van der Waals surface area contributed by atoms with Crippen molar-refractivity contribution in [2.45, 2.75) is 6.42 Å². The molecule has 0 bridgehead atoms. The van der Waals surface area contributed by atoms with Gasteiger partial charge in [-0.2, -0.15) is 0 Å². The number of rotatable bonds is 8. The summed E-state index contributed by atoms with van der Waals surface area (Å²) in [5.41, 5.74) is 2.26. The van der Waals surface area contributed by atoms with Gasteiger partial charge in [0.25, 0.3) is 0 Å². The van der Waals surface area contributed by atoms with Gasteiger partial charge < -0.3 is 25.2 Å². The lowest BCUT2D eigenvalue weighted by Gasteiger charge is -2.30. The lowest BCUT2D eigenvalue weighted by molar-refractivity contribution is -0.120. The standard InChI is InChI=1S/C17H28N4O2/c1-20(2)10-9-19-17(22)7-8-18-15-5-3-4-6-16(15)21-11-13-23-14-12-21/h3-6,18H,7-14H2,1-2H3,(H,19,22). The maximum Gasteiger partial charge on any atom is 0.221 e. The maximum atomic E-state index is 11.8. The summed E-state index contributed by atoms with van der Waals surface area (Å²) in [5.74, 6) is 0.0863. The molecule has 0 saturated carbocycles. The summed E-state index contributed by atoms with van der Waals surface area (Å²) < 4.78 is 5.41. The first-order valence-electron chi connectivity index (χ1n) is 8.24. The summed E-state index contributed by atoms with van der Waals surface area (Å²) in [6.07, 6.45) is 0.477. The molecule has 1 saturated heterocycles. The van der Waals surface area contributed by atoms with E-state index < -0.39 is 0 Å². The third-order valence-electron chi connectivity index (χ3n) is 3.80. The lowest BCUT2D eigenvalue weighted by atomic mass is 10.2. The van der Waals surface area contributed by atoms with Crippen LogP contribution < -0.4 is 15.5 Å². The Morgan fingerprint density at radius 1 is 1.22 bits per heavy atom. The Kier molecular flexibility index (Phi) is 7.16. The van der Waals surface area contributed by atoms with Gasteiger partial charge in [-0.3, -0.25) is 4.79 Å². The number of morpholine rings is 1. The molecule has 2 rings (SSSR count). The fourth-order valence-corrected chi connectivity index (χ4v) is 2.52. The van der Waals surface area contributed by atoms with Gasteiger partial charge in [0.1, 0.15) is 0 Å². The van der Waals surface area contributed by atoms with E-state index in [4.69, 9.17) is 4.74 Å². The van der Waals surface area contributed by atoms with E-state index in [1.807, 2.05) is 26.2 Å². The molecule has 23 heavy (non-hydrogen) atoms. The van der Waals surface area contributed by atoms with E-state index in [9.17, 15) is 4.79 Å². The SMILES string of the molecule is CN(C)CCNC(=O)CCNc1ccccc1N1CCOCC1. The average Bonchev–Trinajstić information content (AvgIpc) is 2.56. The molecule has 1 amide bonds. The second-order valence-corrected chi connectivity index (χ2v) is 5.95. The molecule has 128 valence electrons. The van der Waals surface area contributed by atoms with E-state index in [-0.39, 0.29) is 5.91 Å². The molecular weight excluding hydrogens is 292 g/mol. The number of carbonyl (C=O) groups excluding carboxylic acids is 1. The number of nitrogens with zero attached hydrogens (tertiary/aromatic N) is 2. The number of anilines is 2. The first-order valence-corrected chi connectivity index (χ1v) is 8.24. The number of benzene rings is 1. The molecule has 6 heteroatoms. The maximum absolute atomic E-state index is 11.8. The first-order chi connectivity index (χ1) is 11.2. The minimum atomic E-state index is 0.0863. The van der Waals surface area contributed by atoms with Gasteiger partial charge in [-0.25, -0.2) is 0 Å². The second kappa shape index (κ2) is 9.37. The van der Waals surface area contributed by atoms with Crippen molar-refractivity contribution >= 4 is 17.3 Å². The highest BCUT2D eigenvalue weighted by Crippen LogP contribution is 2.26. The molecule has 0 aliphatic carbocycles. The van der Waals surface area contributed by atoms with Gasteiger partial charge in [0.05, 0.1) is 24.6 Å². The van der Waals surface area contributed by atoms with E-state index in [0.717, 1.165) is 38.5 Å². The molecule has 2 N–H and O–H groups in total. The minimum Gasteiger partial charge on any atom is -0.383 e. The molecule has 1 fully saturated rings. The second-order valence-electron chi connectivity index (χ2n) is 5.95.